The molecule has 0 radical (unpaired) electrons. The number of hydrogen-bond donors (Lipinski definition) is 3. The summed E-state index contributed by atoms with van der Waals surface area (Å²) in [5.41, 5.74) is 2.07. The Bertz CT molecular complexity index is 111. The molecule has 0 amide bonds. The molecule has 0 fully saturated rings. The Balaban J connectivity index is 0. The van der Waals surface area contributed by atoms with Gasteiger partial charge in [-0.25, -0.2) is 0 Å². The van der Waals surface area contributed by atoms with E-state index >= 15 is 0 Å². The van der Waals surface area contributed by atoms with Crippen LogP contribution in [0.5, 0.6) is 0 Å². The van der Waals surface area contributed by atoms with E-state index in [0.29, 0.717) is 0 Å². The summed E-state index contributed by atoms with van der Waals surface area (Å²) in [4.78, 5) is 18.0. The third-order valence-electron chi connectivity index (χ3n) is 0.708. The monoisotopic (exact) mass is 208 g/mol. The van der Waals surface area contributed by atoms with Gasteiger partial charge in [-0.3, -0.25) is 9.68 Å². The zero-order valence-corrected chi connectivity index (χ0v) is 7.89. The van der Waals surface area contributed by atoms with E-state index in [1.807, 2.05) is 0 Å². The molecule has 0 bridgehead atoms. The van der Waals surface area contributed by atoms with Crippen molar-refractivity contribution in [1.29, 1.82) is 0 Å². The molecule has 0 rings (SSSR count). The van der Waals surface area contributed by atoms with Crippen molar-refractivity contribution in [2.45, 2.75) is 0 Å². The Labute approximate surface area is 82.2 Å². The van der Waals surface area contributed by atoms with Crippen molar-refractivity contribution in [2.24, 2.45) is 5.18 Å². The largest absolute Gasteiger partial charge is 0.394 e. The van der Waals surface area contributed by atoms with Crippen LogP contribution >= 0.6 is 0 Å². The lowest BCUT2D eigenvalue weighted by atomic mass is 10.7. The Morgan fingerprint density at radius 3 is 2.00 bits per heavy atom. The summed E-state index contributed by atoms with van der Waals surface area (Å²) in [6, 6.07) is 0. The lowest BCUT2D eigenvalue weighted by molar-refractivity contribution is -0.178. The normalized spacial score (nSPS) is 8.71. The number of nitrogens with one attached hydrogen (secondary N) is 1. The Hall–Kier alpha value is -0.860. The van der Waals surface area contributed by atoms with Gasteiger partial charge >= 0.3 is 0 Å². The molecule has 0 saturated carbocycles. The highest BCUT2D eigenvalue weighted by Gasteiger charge is 1.83. The van der Waals surface area contributed by atoms with E-state index in [1.54, 1.807) is 0 Å². The lowest BCUT2D eigenvalue weighted by Crippen LogP contribution is -2.19. The maximum Gasteiger partial charge on any atom is 0.0989 e. The van der Waals surface area contributed by atoms with Crippen LogP contribution in [0.4, 0.5) is 0 Å². The maximum absolute atomic E-state index is 9.08. The van der Waals surface area contributed by atoms with Gasteiger partial charge in [0.15, 0.2) is 0 Å². The molecule has 84 valence electrons. The predicted octanol–water partition coefficient (Wildman–Crippen LogP) is -0.637. The average Bonchev–Trinajstić information content (AvgIpc) is 2.20. The highest BCUT2D eigenvalue weighted by atomic mass is 16.9. The van der Waals surface area contributed by atoms with Gasteiger partial charge in [-0.15, -0.1) is 6.58 Å². The quantitative estimate of drug-likeness (QED) is 0.212. The summed E-state index contributed by atoms with van der Waals surface area (Å²) < 4.78 is 0. The van der Waals surface area contributed by atoms with Gasteiger partial charge in [0.25, 0.3) is 0 Å². The number of aliphatic hydroxyl groups excluding tert-OH is 2. The molecule has 3 N–H and O–H groups in total. The van der Waals surface area contributed by atoms with E-state index in [0.717, 1.165) is 0 Å². The van der Waals surface area contributed by atoms with E-state index in [9.17, 15) is 0 Å². The molecular weight excluding hydrogens is 192 g/mol. The van der Waals surface area contributed by atoms with Crippen molar-refractivity contribution in [2.75, 3.05) is 33.0 Å². The van der Waals surface area contributed by atoms with Gasteiger partial charge in [0.1, 0.15) is 0 Å². The number of rotatable bonds is 8. The zero-order valence-electron chi connectivity index (χ0n) is 7.89. The molecule has 0 heterocycles. The summed E-state index contributed by atoms with van der Waals surface area (Å²) in [5.74, 6) is 0. The standard InChI is InChI=1S/C4H11NO4.C3H5NO/c6-1-3-8-5-9-4-2-7;1-2-3-4-5/h5-7H,1-4H2;2H,1,3H2. The summed E-state index contributed by atoms with van der Waals surface area (Å²) >= 11 is 0. The van der Waals surface area contributed by atoms with Crippen LogP contribution < -0.4 is 5.64 Å². The fourth-order valence-electron chi connectivity index (χ4n) is 0.269. The van der Waals surface area contributed by atoms with Gasteiger partial charge in [-0.1, -0.05) is 16.9 Å². The van der Waals surface area contributed by atoms with Crippen molar-refractivity contribution < 1.29 is 19.9 Å². The first kappa shape index (κ1) is 15.6. The van der Waals surface area contributed by atoms with Gasteiger partial charge in [-0.05, 0) is 0 Å². The Kier molecular flexibility index (Phi) is 20.1. The molecule has 0 unspecified atom stereocenters. The molecule has 0 spiro atoms. The Morgan fingerprint density at radius 2 is 1.79 bits per heavy atom. The van der Waals surface area contributed by atoms with Crippen LogP contribution in [0.15, 0.2) is 17.8 Å². The number of aliphatic hydroxyl groups is 2. The molecule has 0 saturated heterocycles. The van der Waals surface area contributed by atoms with Crippen LogP contribution in [0.25, 0.3) is 0 Å². The molecule has 0 atom stereocenters. The van der Waals surface area contributed by atoms with Crippen molar-refractivity contribution in [1.82, 2.24) is 5.64 Å². The van der Waals surface area contributed by atoms with Crippen LogP contribution in [0.1, 0.15) is 0 Å². The van der Waals surface area contributed by atoms with Crippen LogP contribution in [0, 0.1) is 4.91 Å². The van der Waals surface area contributed by atoms with Gasteiger partial charge in [0.2, 0.25) is 0 Å². The van der Waals surface area contributed by atoms with Crippen LogP contribution in [0.2, 0.25) is 0 Å². The molecule has 0 aliphatic rings. The molecule has 0 aromatic rings. The van der Waals surface area contributed by atoms with E-state index < -0.39 is 0 Å². The number of hydrogen-bond acceptors (Lipinski definition) is 7. The topological polar surface area (TPSA) is 100 Å². The first-order valence-electron chi connectivity index (χ1n) is 3.93. The molecule has 0 aliphatic carbocycles. The van der Waals surface area contributed by atoms with E-state index in [4.69, 9.17) is 15.1 Å². The third kappa shape index (κ3) is 22.5. The third-order valence-corrected chi connectivity index (χ3v) is 0.708. The molecule has 0 aromatic carbocycles. The summed E-state index contributed by atoms with van der Waals surface area (Å²) in [5, 5.41) is 18.8. The summed E-state index contributed by atoms with van der Waals surface area (Å²) in [7, 11) is 0. The summed E-state index contributed by atoms with van der Waals surface area (Å²) in [6.45, 7) is 3.70. The first-order chi connectivity index (χ1) is 6.83. The highest BCUT2D eigenvalue weighted by Crippen LogP contribution is 1.67. The number of nitrogens with zero attached hydrogens (tertiary/aromatic N) is 1. The maximum atomic E-state index is 9.08. The van der Waals surface area contributed by atoms with Crippen LogP contribution in [0.3, 0.4) is 0 Å². The van der Waals surface area contributed by atoms with Gasteiger partial charge < -0.3 is 10.2 Å². The van der Waals surface area contributed by atoms with Crippen molar-refractivity contribution in [3.63, 3.8) is 0 Å². The second-order valence-electron chi connectivity index (χ2n) is 1.83. The summed E-state index contributed by atoms with van der Waals surface area (Å²) in [6.07, 6.45) is 1.45. The van der Waals surface area contributed by atoms with E-state index in [-0.39, 0.29) is 33.0 Å². The zero-order chi connectivity index (χ0) is 11.1. The van der Waals surface area contributed by atoms with Gasteiger partial charge in [0, 0.05) is 0 Å². The molecule has 7 nitrogen and oxygen atoms in total. The van der Waals surface area contributed by atoms with Gasteiger partial charge in [0.05, 0.1) is 33.0 Å². The van der Waals surface area contributed by atoms with Crippen molar-refractivity contribution >= 4 is 0 Å². The lowest BCUT2D eigenvalue weighted by Gasteiger charge is -2.01. The van der Waals surface area contributed by atoms with Gasteiger partial charge in [-0.2, -0.15) is 4.91 Å². The molecular formula is C7H16N2O5. The molecule has 0 aromatic heterocycles. The minimum Gasteiger partial charge on any atom is -0.394 e. The second kappa shape index (κ2) is 18.0. The molecule has 7 heteroatoms. The van der Waals surface area contributed by atoms with E-state index in [2.05, 4.69) is 27.1 Å². The minimum atomic E-state index is -0.0600. The average molecular weight is 208 g/mol. The van der Waals surface area contributed by atoms with Crippen molar-refractivity contribution in [3.05, 3.63) is 17.6 Å². The highest BCUT2D eigenvalue weighted by molar-refractivity contribution is 4.67. The van der Waals surface area contributed by atoms with Crippen LogP contribution in [-0.2, 0) is 9.68 Å². The van der Waals surface area contributed by atoms with Crippen LogP contribution in [-0.4, -0.2) is 43.2 Å². The first-order valence-corrected chi connectivity index (χ1v) is 3.93. The second-order valence-corrected chi connectivity index (χ2v) is 1.83. The van der Waals surface area contributed by atoms with Crippen molar-refractivity contribution in [3.8, 4) is 0 Å². The predicted molar refractivity (Wildman–Crippen MR) is 50.1 cm³/mol. The molecule has 14 heavy (non-hydrogen) atoms. The SMILES string of the molecule is C=CCN=O.OCCONOCCO. The minimum absolute atomic E-state index is 0.0600. The Morgan fingerprint density at radius 1 is 1.29 bits per heavy atom. The smallest absolute Gasteiger partial charge is 0.0989 e. The fourth-order valence-corrected chi connectivity index (χ4v) is 0.269. The fraction of sp³-hybridized carbons (Fsp3) is 0.714. The molecule has 0 aliphatic heterocycles. The number of nitroso groups, excluding NO2 is 1. The van der Waals surface area contributed by atoms with E-state index in [1.165, 1.54) is 6.08 Å².